The van der Waals surface area contributed by atoms with Crippen molar-refractivity contribution in [2.45, 2.75) is 19.6 Å². The Kier molecular flexibility index (Phi) is 10.2. The van der Waals surface area contributed by atoms with E-state index in [1.54, 1.807) is 29.2 Å². The Hall–Kier alpha value is -4.28. The molecule has 0 spiro atoms. The molecule has 1 fully saturated rings. The van der Waals surface area contributed by atoms with Gasteiger partial charge in [-0.15, -0.1) is 0 Å². The van der Waals surface area contributed by atoms with Crippen molar-refractivity contribution in [2.24, 2.45) is 0 Å². The first-order valence-corrected chi connectivity index (χ1v) is 13.1. The van der Waals surface area contributed by atoms with Gasteiger partial charge >= 0.3 is 0 Å². The Labute approximate surface area is 232 Å². The highest BCUT2D eigenvalue weighted by Gasteiger charge is 2.25. The normalized spacial score (nSPS) is 14.3. The third-order valence-corrected chi connectivity index (χ3v) is 6.40. The fraction of sp³-hybridized carbons (Fsp3) is 0.300. The summed E-state index contributed by atoms with van der Waals surface area (Å²) in [5.41, 5.74) is 1.46. The topological polar surface area (TPSA) is 100 Å². The smallest absolute Gasteiger partial charge is 0.249 e. The number of nitrogens with zero attached hydrogens (tertiary/aromatic N) is 2. The van der Waals surface area contributed by atoms with E-state index in [9.17, 15) is 18.8 Å². The van der Waals surface area contributed by atoms with Crippen LogP contribution in [0.3, 0.4) is 0 Å². The van der Waals surface area contributed by atoms with E-state index < -0.39 is 11.9 Å². The number of amides is 3. The average molecular weight is 549 g/mol. The van der Waals surface area contributed by atoms with Crippen molar-refractivity contribution in [1.29, 1.82) is 0 Å². The molecule has 210 valence electrons. The summed E-state index contributed by atoms with van der Waals surface area (Å²) in [6, 6.07) is 21.0. The van der Waals surface area contributed by atoms with Crippen LogP contribution in [0, 0.1) is 5.82 Å². The van der Waals surface area contributed by atoms with E-state index in [1.165, 1.54) is 31.2 Å². The minimum absolute atomic E-state index is 0.0175. The van der Waals surface area contributed by atoms with Crippen LogP contribution >= 0.6 is 0 Å². The van der Waals surface area contributed by atoms with Crippen molar-refractivity contribution in [1.82, 2.24) is 15.1 Å². The number of rotatable bonds is 11. The zero-order valence-electron chi connectivity index (χ0n) is 22.3. The number of hydrogen-bond donors (Lipinski definition) is 2. The Morgan fingerprint density at radius 2 is 1.50 bits per heavy atom. The molecular formula is C30H33FN4O5. The van der Waals surface area contributed by atoms with Crippen LogP contribution in [0.1, 0.15) is 12.5 Å². The lowest BCUT2D eigenvalue weighted by atomic mass is 10.2. The number of nitrogens with one attached hydrogen (secondary N) is 2. The molecule has 9 nitrogen and oxygen atoms in total. The molecule has 1 aliphatic rings. The van der Waals surface area contributed by atoms with Gasteiger partial charge in [0.1, 0.15) is 23.4 Å². The minimum Gasteiger partial charge on any atom is -0.457 e. The Balaban J connectivity index is 1.34. The van der Waals surface area contributed by atoms with Crippen LogP contribution in [0.4, 0.5) is 10.1 Å². The summed E-state index contributed by atoms with van der Waals surface area (Å²) in [5.74, 6) is -0.0515. The van der Waals surface area contributed by atoms with Gasteiger partial charge < -0.3 is 25.0 Å². The molecule has 1 unspecified atom stereocenters. The monoisotopic (exact) mass is 548 g/mol. The predicted octanol–water partition coefficient (Wildman–Crippen LogP) is 3.42. The zero-order chi connectivity index (χ0) is 28.3. The lowest BCUT2D eigenvalue weighted by Crippen LogP contribution is -2.53. The van der Waals surface area contributed by atoms with Gasteiger partial charge in [-0.3, -0.25) is 19.3 Å². The lowest BCUT2D eigenvalue weighted by molar-refractivity contribution is -0.132. The zero-order valence-corrected chi connectivity index (χ0v) is 22.3. The second-order valence-corrected chi connectivity index (χ2v) is 9.47. The third-order valence-electron chi connectivity index (χ3n) is 6.40. The van der Waals surface area contributed by atoms with Crippen molar-refractivity contribution < 1.29 is 28.2 Å². The van der Waals surface area contributed by atoms with E-state index in [0.717, 1.165) is 5.56 Å². The van der Waals surface area contributed by atoms with Gasteiger partial charge in [0.2, 0.25) is 17.7 Å². The average Bonchev–Trinajstić information content (AvgIpc) is 2.95. The van der Waals surface area contributed by atoms with E-state index in [2.05, 4.69) is 10.6 Å². The van der Waals surface area contributed by atoms with E-state index in [1.807, 2.05) is 35.2 Å². The largest absolute Gasteiger partial charge is 0.457 e. The van der Waals surface area contributed by atoms with Crippen LogP contribution in [-0.2, 0) is 25.7 Å². The molecule has 0 bridgehead atoms. The summed E-state index contributed by atoms with van der Waals surface area (Å²) in [4.78, 5) is 41.3. The van der Waals surface area contributed by atoms with Crippen LogP contribution in [-0.4, -0.2) is 72.9 Å². The molecule has 4 rings (SSSR count). The Morgan fingerprint density at radius 3 is 2.12 bits per heavy atom. The van der Waals surface area contributed by atoms with Gasteiger partial charge in [0.05, 0.1) is 19.8 Å². The predicted molar refractivity (Wildman–Crippen MR) is 148 cm³/mol. The SMILES string of the molecule is CC(=O)N1CCN(CC(=O)NC(COCc2ccccc2)C(=O)Nc2ccc(Oc3ccc(F)cc3)cc2)CC1. The maximum absolute atomic E-state index is 13.2. The van der Waals surface area contributed by atoms with Gasteiger partial charge in [-0.1, -0.05) is 30.3 Å². The van der Waals surface area contributed by atoms with Gasteiger partial charge in [0.25, 0.3) is 0 Å². The van der Waals surface area contributed by atoms with Gasteiger partial charge in [0.15, 0.2) is 0 Å². The van der Waals surface area contributed by atoms with Gasteiger partial charge in [-0.2, -0.15) is 0 Å². The first-order valence-electron chi connectivity index (χ1n) is 13.1. The quantitative estimate of drug-likeness (QED) is 0.381. The molecule has 3 amide bonds. The molecule has 10 heteroatoms. The van der Waals surface area contributed by atoms with Crippen LogP contribution < -0.4 is 15.4 Å². The van der Waals surface area contributed by atoms with E-state index in [-0.39, 0.29) is 30.8 Å². The lowest BCUT2D eigenvalue weighted by Gasteiger charge is -2.33. The molecule has 3 aromatic carbocycles. The van der Waals surface area contributed by atoms with Crippen LogP contribution in [0.25, 0.3) is 0 Å². The Bertz CT molecular complexity index is 1260. The molecule has 0 saturated carbocycles. The summed E-state index contributed by atoms with van der Waals surface area (Å²) in [6.45, 7) is 4.22. The molecule has 3 aromatic rings. The van der Waals surface area contributed by atoms with Gasteiger partial charge in [-0.05, 0) is 54.1 Å². The molecular weight excluding hydrogens is 515 g/mol. The second kappa shape index (κ2) is 14.2. The van der Waals surface area contributed by atoms with E-state index >= 15 is 0 Å². The van der Waals surface area contributed by atoms with Crippen LogP contribution in [0.5, 0.6) is 11.5 Å². The fourth-order valence-corrected chi connectivity index (χ4v) is 4.19. The maximum Gasteiger partial charge on any atom is 0.249 e. The van der Waals surface area contributed by atoms with E-state index in [0.29, 0.717) is 50.0 Å². The molecule has 2 N–H and O–H groups in total. The van der Waals surface area contributed by atoms with Crippen molar-refractivity contribution >= 4 is 23.4 Å². The third kappa shape index (κ3) is 8.89. The number of halogens is 1. The van der Waals surface area contributed by atoms with Crippen molar-refractivity contribution in [3.63, 3.8) is 0 Å². The summed E-state index contributed by atoms with van der Waals surface area (Å²) in [6.07, 6.45) is 0. The number of carbonyl (C=O) groups is 3. The molecule has 0 aliphatic carbocycles. The molecule has 1 atom stereocenters. The highest BCUT2D eigenvalue weighted by atomic mass is 19.1. The first-order chi connectivity index (χ1) is 19.4. The van der Waals surface area contributed by atoms with Gasteiger partial charge in [-0.25, -0.2) is 4.39 Å². The molecule has 0 radical (unpaired) electrons. The number of ether oxygens (including phenoxy) is 2. The fourth-order valence-electron chi connectivity index (χ4n) is 4.19. The second-order valence-electron chi connectivity index (χ2n) is 9.47. The van der Waals surface area contributed by atoms with Crippen LogP contribution in [0.2, 0.25) is 0 Å². The summed E-state index contributed by atoms with van der Waals surface area (Å²) < 4.78 is 24.6. The highest BCUT2D eigenvalue weighted by molar-refractivity contribution is 5.97. The van der Waals surface area contributed by atoms with E-state index in [4.69, 9.17) is 9.47 Å². The van der Waals surface area contributed by atoms with Crippen molar-refractivity contribution in [2.75, 3.05) is 44.6 Å². The number of benzene rings is 3. The summed E-state index contributed by atoms with van der Waals surface area (Å²) in [5, 5.41) is 5.62. The number of piperazine rings is 1. The van der Waals surface area contributed by atoms with Crippen LogP contribution in [0.15, 0.2) is 78.9 Å². The maximum atomic E-state index is 13.2. The molecule has 40 heavy (non-hydrogen) atoms. The minimum atomic E-state index is -0.926. The molecule has 0 aromatic heterocycles. The standard InChI is InChI=1S/C30H33FN4O5/c1-22(36)35-17-15-34(16-18-35)19-29(37)33-28(21-39-20-23-5-3-2-4-6-23)30(38)32-25-9-13-27(14-10-25)40-26-11-7-24(31)8-12-26/h2-14,28H,15-21H2,1H3,(H,32,38)(H,33,37). The van der Waals surface area contributed by atoms with Crippen molar-refractivity contribution in [3.05, 3.63) is 90.2 Å². The summed E-state index contributed by atoms with van der Waals surface area (Å²) >= 11 is 0. The molecule has 1 heterocycles. The highest BCUT2D eigenvalue weighted by Crippen LogP contribution is 2.23. The summed E-state index contributed by atoms with van der Waals surface area (Å²) in [7, 11) is 0. The van der Waals surface area contributed by atoms with Gasteiger partial charge in [0, 0.05) is 38.8 Å². The first kappa shape index (κ1) is 28.7. The number of carbonyl (C=O) groups excluding carboxylic acids is 3. The number of anilines is 1. The molecule has 1 aliphatic heterocycles. The Morgan fingerprint density at radius 1 is 0.875 bits per heavy atom. The number of hydrogen-bond acceptors (Lipinski definition) is 6. The van der Waals surface area contributed by atoms with Crippen molar-refractivity contribution in [3.8, 4) is 11.5 Å². The molecule has 1 saturated heterocycles.